The van der Waals surface area contributed by atoms with Crippen molar-refractivity contribution in [2.75, 3.05) is 25.5 Å². The molecule has 0 bridgehead atoms. The lowest BCUT2D eigenvalue weighted by molar-refractivity contribution is 0.184. The first-order chi connectivity index (χ1) is 14.5. The predicted octanol–water partition coefficient (Wildman–Crippen LogP) is 4.95. The number of ether oxygens (including phenoxy) is 1. The van der Waals surface area contributed by atoms with Crippen molar-refractivity contribution in [1.82, 2.24) is 15.0 Å². The first-order valence-electron chi connectivity index (χ1n) is 9.52. The van der Waals surface area contributed by atoms with Crippen molar-refractivity contribution in [3.63, 3.8) is 0 Å². The van der Waals surface area contributed by atoms with Gasteiger partial charge in [-0.1, -0.05) is 28.9 Å². The molecule has 2 aromatic carbocycles. The highest BCUT2D eigenvalue weighted by molar-refractivity contribution is 6.31. The van der Waals surface area contributed by atoms with Gasteiger partial charge in [0.2, 0.25) is 11.7 Å². The van der Waals surface area contributed by atoms with Gasteiger partial charge in [0.25, 0.3) is 0 Å². The number of piperidine rings is 1. The molecule has 30 heavy (non-hydrogen) atoms. The van der Waals surface area contributed by atoms with Gasteiger partial charge in [-0.15, -0.1) is 0 Å². The fourth-order valence-electron chi connectivity index (χ4n) is 3.42. The number of hydrogen-bond donors (Lipinski definition) is 1. The fourth-order valence-corrected chi connectivity index (χ4v) is 3.60. The maximum absolute atomic E-state index is 13.3. The van der Waals surface area contributed by atoms with Crippen LogP contribution in [0.5, 0.6) is 5.75 Å². The summed E-state index contributed by atoms with van der Waals surface area (Å²) in [6.45, 7) is 1.05. The minimum atomic E-state index is -0.532. The molecule has 1 atom stereocenters. The van der Waals surface area contributed by atoms with Crippen molar-refractivity contribution >= 4 is 23.3 Å². The standard InChI is InChI=1S/C21H20ClFN4O3/c1-29-16-6-2-4-13(10-16)19-25-20(30-26-19)14-5-3-9-27(12-14)21(28)24-15-7-8-18(23)17(22)11-15/h2,4,6-8,10-11,14H,3,5,9,12H2,1H3,(H,24,28). The van der Waals surface area contributed by atoms with Crippen LogP contribution in [0.2, 0.25) is 5.02 Å². The monoisotopic (exact) mass is 430 g/mol. The Bertz CT molecular complexity index is 1060. The number of carbonyl (C=O) groups is 1. The molecule has 0 aliphatic carbocycles. The molecule has 1 aromatic heterocycles. The third-order valence-corrected chi connectivity index (χ3v) is 5.29. The lowest BCUT2D eigenvalue weighted by Gasteiger charge is -2.31. The first kappa shape index (κ1) is 20.2. The first-order valence-corrected chi connectivity index (χ1v) is 9.90. The quantitative estimate of drug-likeness (QED) is 0.633. The largest absolute Gasteiger partial charge is 0.497 e. The van der Waals surface area contributed by atoms with Crippen molar-refractivity contribution in [2.24, 2.45) is 0 Å². The summed E-state index contributed by atoms with van der Waals surface area (Å²) in [4.78, 5) is 18.8. The van der Waals surface area contributed by atoms with E-state index in [-0.39, 0.29) is 17.0 Å². The van der Waals surface area contributed by atoms with Gasteiger partial charge in [0.15, 0.2) is 0 Å². The number of anilines is 1. The van der Waals surface area contributed by atoms with Crippen molar-refractivity contribution in [2.45, 2.75) is 18.8 Å². The molecule has 7 nitrogen and oxygen atoms in total. The van der Waals surface area contributed by atoms with Crippen LogP contribution in [-0.4, -0.2) is 41.3 Å². The molecule has 3 aromatic rings. The second-order valence-electron chi connectivity index (χ2n) is 7.03. The summed E-state index contributed by atoms with van der Waals surface area (Å²) < 4.78 is 24.0. The summed E-state index contributed by atoms with van der Waals surface area (Å²) in [7, 11) is 1.60. The van der Waals surface area contributed by atoms with Crippen LogP contribution < -0.4 is 10.1 Å². The molecule has 2 amide bonds. The van der Waals surface area contributed by atoms with Gasteiger partial charge < -0.3 is 19.5 Å². The van der Waals surface area contributed by atoms with Crippen molar-refractivity contribution in [3.05, 3.63) is 59.2 Å². The van der Waals surface area contributed by atoms with Crippen LogP contribution >= 0.6 is 11.6 Å². The van der Waals surface area contributed by atoms with E-state index in [2.05, 4.69) is 15.5 Å². The molecule has 0 saturated carbocycles. The lowest BCUT2D eigenvalue weighted by atomic mass is 9.98. The minimum absolute atomic E-state index is 0.0414. The second-order valence-corrected chi connectivity index (χ2v) is 7.44. The Balaban J connectivity index is 1.44. The Hall–Kier alpha value is -3.13. The van der Waals surface area contributed by atoms with Crippen LogP contribution in [0.1, 0.15) is 24.7 Å². The summed E-state index contributed by atoms with van der Waals surface area (Å²) in [5, 5.41) is 6.79. The molecular weight excluding hydrogens is 411 g/mol. The zero-order valence-corrected chi connectivity index (χ0v) is 17.0. The molecule has 1 saturated heterocycles. The molecule has 1 fully saturated rings. The van der Waals surface area contributed by atoms with E-state index < -0.39 is 5.82 Å². The molecule has 4 rings (SSSR count). The summed E-state index contributed by atoms with van der Waals surface area (Å²) in [5.41, 5.74) is 1.23. The van der Waals surface area contributed by atoms with Crippen LogP contribution in [-0.2, 0) is 0 Å². The highest BCUT2D eigenvalue weighted by Crippen LogP contribution is 2.29. The summed E-state index contributed by atoms with van der Waals surface area (Å²) >= 11 is 5.78. The van der Waals surface area contributed by atoms with Gasteiger partial charge in [-0.25, -0.2) is 9.18 Å². The minimum Gasteiger partial charge on any atom is -0.497 e. The number of likely N-dealkylation sites (tertiary alicyclic amines) is 1. The van der Waals surface area contributed by atoms with Gasteiger partial charge >= 0.3 is 6.03 Å². The molecule has 0 spiro atoms. The zero-order chi connectivity index (χ0) is 21.1. The molecule has 0 radical (unpaired) electrons. The second kappa shape index (κ2) is 8.71. The van der Waals surface area contributed by atoms with Crippen molar-refractivity contribution in [3.8, 4) is 17.1 Å². The number of rotatable bonds is 4. The third kappa shape index (κ3) is 4.38. The molecule has 9 heteroatoms. The molecule has 2 heterocycles. The number of nitrogens with zero attached hydrogens (tertiary/aromatic N) is 3. The topological polar surface area (TPSA) is 80.5 Å². The van der Waals surface area contributed by atoms with E-state index in [0.29, 0.717) is 36.2 Å². The SMILES string of the molecule is COc1cccc(-c2noc(C3CCCN(C(=O)Nc4ccc(F)c(Cl)c4)C3)n2)c1. The number of amides is 2. The van der Waals surface area contributed by atoms with Gasteiger partial charge in [-0.2, -0.15) is 4.98 Å². The number of urea groups is 1. The number of carbonyl (C=O) groups excluding carboxylic acids is 1. The zero-order valence-electron chi connectivity index (χ0n) is 16.3. The normalized spacial score (nSPS) is 16.4. The van der Waals surface area contributed by atoms with Gasteiger partial charge in [-0.05, 0) is 43.2 Å². The number of benzene rings is 2. The van der Waals surface area contributed by atoms with Crippen molar-refractivity contribution < 1.29 is 18.4 Å². The molecule has 1 aliphatic heterocycles. The molecule has 156 valence electrons. The average Bonchev–Trinajstić information content (AvgIpc) is 3.27. The van der Waals surface area contributed by atoms with E-state index in [9.17, 15) is 9.18 Å². The Morgan fingerprint density at radius 1 is 1.33 bits per heavy atom. The van der Waals surface area contributed by atoms with E-state index in [1.54, 1.807) is 12.0 Å². The number of halogens is 2. The summed E-state index contributed by atoms with van der Waals surface area (Å²) in [5.74, 6) is 1.09. The molecule has 1 N–H and O–H groups in total. The van der Waals surface area contributed by atoms with Gasteiger partial charge in [0, 0.05) is 24.3 Å². The Kier molecular flexibility index (Phi) is 5.85. The summed E-state index contributed by atoms with van der Waals surface area (Å²) in [6, 6.07) is 11.2. The Labute approximate surface area is 177 Å². The lowest BCUT2D eigenvalue weighted by Crippen LogP contribution is -2.41. The van der Waals surface area contributed by atoms with Crippen LogP contribution in [0.15, 0.2) is 47.0 Å². The molecular formula is C21H20ClFN4O3. The number of methoxy groups -OCH3 is 1. The van der Waals surface area contributed by atoms with Gasteiger partial charge in [0.05, 0.1) is 18.1 Å². The number of nitrogens with one attached hydrogen (secondary N) is 1. The van der Waals surface area contributed by atoms with Crippen LogP contribution in [0.3, 0.4) is 0 Å². The fraction of sp³-hybridized carbons (Fsp3) is 0.286. The predicted molar refractivity (Wildman–Crippen MR) is 110 cm³/mol. The highest BCUT2D eigenvalue weighted by Gasteiger charge is 2.29. The van der Waals surface area contributed by atoms with E-state index in [1.807, 2.05) is 24.3 Å². The maximum atomic E-state index is 13.3. The highest BCUT2D eigenvalue weighted by atomic mass is 35.5. The van der Waals surface area contributed by atoms with E-state index in [4.69, 9.17) is 20.9 Å². The summed E-state index contributed by atoms with van der Waals surface area (Å²) in [6.07, 6.45) is 1.64. The average molecular weight is 431 g/mol. The van der Waals surface area contributed by atoms with Crippen LogP contribution in [0.4, 0.5) is 14.9 Å². The Morgan fingerprint density at radius 2 is 2.20 bits per heavy atom. The third-order valence-electron chi connectivity index (χ3n) is 5.00. The van der Waals surface area contributed by atoms with E-state index >= 15 is 0 Å². The smallest absolute Gasteiger partial charge is 0.321 e. The maximum Gasteiger partial charge on any atom is 0.321 e. The number of aromatic nitrogens is 2. The Morgan fingerprint density at radius 3 is 3.00 bits per heavy atom. The van der Waals surface area contributed by atoms with E-state index in [1.165, 1.54) is 18.2 Å². The van der Waals surface area contributed by atoms with E-state index in [0.717, 1.165) is 18.4 Å². The van der Waals surface area contributed by atoms with Crippen molar-refractivity contribution in [1.29, 1.82) is 0 Å². The number of hydrogen-bond acceptors (Lipinski definition) is 5. The molecule has 1 unspecified atom stereocenters. The van der Waals surface area contributed by atoms with Gasteiger partial charge in [-0.3, -0.25) is 0 Å². The van der Waals surface area contributed by atoms with Gasteiger partial charge in [0.1, 0.15) is 11.6 Å². The molecule has 1 aliphatic rings. The van der Waals surface area contributed by atoms with Crippen LogP contribution in [0, 0.1) is 5.82 Å². The van der Waals surface area contributed by atoms with Crippen LogP contribution in [0.25, 0.3) is 11.4 Å².